The minimum atomic E-state index is -0.732. The van der Waals surface area contributed by atoms with Crippen LogP contribution in [0.3, 0.4) is 0 Å². The third-order valence-corrected chi connectivity index (χ3v) is 6.80. The van der Waals surface area contributed by atoms with Gasteiger partial charge in [0.1, 0.15) is 11.8 Å². The Morgan fingerprint density at radius 1 is 0.919 bits per heavy atom. The minimum absolute atomic E-state index is 0.203. The lowest BCUT2D eigenvalue weighted by Gasteiger charge is -2.31. The standard InChI is InChI=1S/C30H34Cl2N2O3/c1-20(2)17-33-30(36)27(16-23-9-6-5-7-10-23)34(18-24-11-8-12-25(31)15-24)28(35)19-37-26-13-21(3)29(32)22(4)14-26/h5-15,20,27H,16-19H2,1-4H3,(H,33,36). The summed E-state index contributed by atoms with van der Waals surface area (Å²) in [6, 6.07) is 19.9. The highest BCUT2D eigenvalue weighted by molar-refractivity contribution is 6.32. The van der Waals surface area contributed by atoms with Crippen LogP contribution < -0.4 is 10.1 Å². The van der Waals surface area contributed by atoms with Gasteiger partial charge in [0.15, 0.2) is 6.61 Å². The number of amides is 2. The van der Waals surface area contributed by atoms with E-state index in [1.165, 1.54) is 0 Å². The maximum Gasteiger partial charge on any atom is 0.261 e. The Kier molecular flexibility index (Phi) is 10.4. The summed E-state index contributed by atoms with van der Waals surface area (Å²) in [6.45, 7) is 8.37. The fraction of sp³-hybridized carbons (Fsp3) is 0.333. The van der Waals surface area contributed by atoms with Crippen LogP contribution in [-0.4, -0.2) is 35.9 Å². The molecule has 5 nitrogen and oxygen atoms in total. The van der Waals surface area contributed by atoms with Gasteiger partial charge >= 0.3 is 0 Å². The first-order valence-electron chi connectivity index (χ1n) is 12.4. The van der Waals surface area contributed by atoms with Crippen molar-refractivity contribution in [3.05, 3.63) is 99.0 Å². The molecule has 0 fully saturated rings. The summed E-state index contributed by atoms with van der Waals surface area (Å²) in [7, 11) is 0. The first kappa shape index (κ1) is 28.5. The number of carbonyl (C=O) groups is 2. The summed E-state index contributed by atoms with van der Waals surface area (Å²) in [6.07, 6.45) is 0.371. The number of hydrogen-bond donors (Lipinski definition) is 1. The molecule has 1 N–H and O–H groups in total. The van der Waals surface area contributed by atoms with Gasteiger partial charge in [-0.2, -0.15) is 0 Å². The molecule has 2 amide bonds. The zero-order valence-electron chi connectivity index (χ0n) is 21.8. The van der Waals surface area contributed by atoms with Crippen LogP contribution in [0.15, 0.2) is 66.7 Å². The van der Waals surface area contributed by atoms with Crippen molar-refractivity contribution in [2.75, 3.05) is 13.2 Å². The Hall–Kier alpha value is -3.02. The predicted molar refractivity (Wildman–Crippen MR) is 150 cm³/mol. The van der Waals surface area contributed by atoms with Crippen LogP contribution in [0.5, 0.6) is 5.75 Å². The van der Waals surface area contributed by atoms with E-state index in [0.717, 1.165) is 22.3 Å². The highest BCUT2D eigenvalue weighted by Crippen LogP contribution is 2.26. The average molecular weight is 542 g/mol. The zero-order chi connectivity index (χ0) is 26.9. The summed E-state index contributed by atoms with van der Waals surface area (Å²) in [5, 5.41) is 4.25. The summed E-state index contributed by atoms with van der Waals surface area (Å²) in [5.74, 6) is 0.328. The van der Waals surface area contributed by atoms with Crippen molar-refractivity contribution >= 4 is 35.0 Å². The number of nitrogens with zero attached hydrogens (tertiary/aromatic N) is 1. The molecule has 0 aliphatic carbocycles. The largest absolute Gasteiger partial charge is 0.484 e. The Labute approximate surface area is 229 Å². The first-order chi connectivity index (χ1) is 17.6. The molecule has 37 heavy (non-hydrogen) atoms. The van der Waals surface area contributed by atoms with Crippen molar-refractivity contribution in [2.24, 2.45) is 5.92 Å². The number of ether oxygens (including phenoxy) is 1. The van der Waals surface area contributed by atoms with E-state index in [1.54, 1.807) is 29.2 Å². The lowest BCUT2D eigenvalue weighted by atomic mass is 10.0. The van der Waals surface area contributed by atoms with E-state index in [9.17, 15) is 9.59 Å². The summed E-state index contributed by atoms with van der Waals surface area (Å²) in [5.41, 5.74) is 3.53. The zero-order valence-corrected chi connectivity index (χ0v) is 23.3. The molecule has 0 saturated heterocycles. The molecule has 0 spiro atoms. The lowest BCUT2D eigenvalue weighted by molar-refractivity contribution is -0.142. The number of rotatable bonds is 11. The third-order valence-electron chi connectivity index (χ3n) is 5.97. The molecule has 0 bridgehead atoms. The van der Waals surface area contributed by atoms with E-state index < -0.39 is 6.04 Å². The second-order valence-corrected chi connectivity index (χ2v) is 10.5. The molecular weight excluding hydrogens is 507 g/mol. The van der Waals surface area contributed by atoms with Crippen LogP contribution in [0.25, 0.3) is 0 Å². The molecule has 0 aromatic heterocycles. The predicted octanol–water partition coefficient (Wildman–Crippen LogP) is 6.40. The summed E-state index contributed by atoms with van der Waals surface area (Å²) >= 11 is 12.5. The number of halogens is 2. The molecule has 3 rings (SSSR count). The fourth-order valence-electron chi connectivity index (χ4n) is 4.03. The Morgan fingerprint density at radius 2 is 1.57 bits per heavy atom. The van der Waals surface area contributed by atoms with Gasteiger partial charge in [-0.05, 0) is 66.3 Å². The second kappa shape index (κ2) is 13.5. The van der Waals surface area contributed by atoms with Gasteiger partial charge in [0.25, 0.3) is 5.91 Å². The highest BCUT2D eigenvalue weighted by atomic mass is 35.5. The first-order valence-corrected chi connectivity index (χ1v) is 13.1. The maximum atomic E-state index is 13.7. The molecular formula is C30H34Cl2N2O3. The van der Waals surface area contributed by atoms with Crippen molar-refractivity contribution < 1.29 is 14.3 Å². The van der Waals surface area contributed by atoms with Crippen molar-refractivity contribution in [1.29, 1.82) is 0 Å². The van der Waals surface area contributed by atoms with Gasteiger partial charge in [-0.1, -0.05) is 79.5 Å². The van der Waals surface area contributed by atoms with Crippen molar-refractivity contribution in [2.45, 2.75) is 46.7 Å². The van der Waals surface area contributed by atoms with Gasteiger partial charge in [-0.25, -0.2) is 0 Å². The monoisotopic (exact) mass is 540 g/mol. The number of carbonyl (C=O) groups excluding carboxylic acids is 2. The molecule has 0 aliphatic heterocycles. The average Bonchev–Trinajstić information content (AvgIpc) is 2.87. The Bertz CT molecular complexity index is 1190. The Balaban J connectivity index is 1.91. The van der Waals surface area contributed by atoms with E-state index in [4.69, 9.17) is 27.9 Å². The van der Waals surface area contributed by atoms with Gasteiger partial charge < -0.3 is 15.0 Å². The quantitative estimate of drug-likeness (QED) is 0.306. The molecule has 3 aromatic carbocycles. The van der Waals surface area contributed by atoms with Gasteiger partial charge in [0.2, 0.25) is 5.91 Å². The molecule has 0 saturated carbocycles. The summed E-state index contributed by atoms with van der Waals surface area (Å²) in [4.78, 5) is 28.7. The molecule has 196 valence electrons. The lowest BCUT2D eigenvalue weighted by Crippen LogP contribution is -2.52. The van der Waals surface area contributed by atoms with E-state index >= 15 is 0 Å². The van der Waals surface area contributed by atoms with Gasteiger partial charge in [0.05, 0.1) is 0 Å². The van der Waals surface area contributed by atoms with Crippen LogP contribution in [0.4, 0.5) is 0 Å². The number of benzene rings is 3. The topological polar surface area (TPSA) is 58.6 Å². The minimum Gasteiger partial charge on any atom is -0.484 e. The van der Waals surface area contributed by atoms with Crippen molar-refractivity contribution in [3.8, 4) is 5.75 Å². The fourth-order valence-corrected chi connectivity index (χ4v) is 4.35. The van der Waals surface area contributed by atoms with Crippen LogP contribution in [0.2, 0.25) is 10.0 Å². The van der Waals surface area contributed by atoms with Gasteiger partial charge in [0, 0.05) is 29.6 Å². The molecule has 1 atom stereocenters. The molecule has 3 aromatic rings. The summed E-state index contributed by atoms with van der Waals surface area (Å²) < 4.78 is 5.90. The molecule has 1 unspecified atom stereocenters. The Morgan fingerprint density at radius 3 is 2.19 bits per heavy atom. The third kappa shape index (κ3) is 8.51. The highest BCUT2D eigenvalue weighted by Gasteiger charge is 2.31. The number of nitrogens with one attached hydrogen (secondary N) is 1. The maximum absolute atomic E-state index is 13.7. The van der Waals surface area contributed by atoms with Crippen LogP contribution >= 0.6 is 23.2 Å². The molecule has 7 heteroatoms. The molecule has 0 aliphatic rings. The van der Waals surface area contributed by atoms with E-state index in [1.807, 2.05) is 70.2 Å². The SMILES string of the molecule is Cc1cc(OCC(=O)N(Cc2cccc(Cl)c2)C(Cc2ccccc2)C(=O)NCC(C)C)cc(C)c1Cl. The van der Waals surface area contributed by atoms with E-state index in [0.29, 0.717) is 28.8 Å². The van der Waals surface area contributed by atoms with Crippen molar-refractivity contribution in [1.82, 2.24) is 10.2 Å². The second-order valence-electron chi connectivity index (χ2n) is 9.66. The van der Waals surface area contributed by atoms with Gasteiger partial charge in [-0.15, -0.1) is 0 Å². The van der Waals surface area contributed by atoms with Gasteiger partial charge in [-0.3, -0.25) is 9.59 Å². The smallest absolute Gasteiger partial charge is 0.261 e. The molecule has 0 heterocycles. The number of hydrogen-bond acceptors (Lipinski definition) is 3. The van der Waals surface area contributed by atoms with Crippen molar-refractivity contribution in [3.63, 3.8) is 0 Å². The van der Waals surface area contributed by atoms with Crippen LogP contribution in [0.1, 0.15) is 36.1 Å². The number of aryl methyl sites for hydroxylation is 2. The molecule has 0 radical (unpaired) electrons. The van der Waals surface area contributed by atoms with Crippen LogP contribution in [-0.2, 0) is 22.6 Å². The van der Waals surface area contributed by atoms with Crippen LogP contribution in [0, 0.1) is 19.8 Å². The van der Waals surface area contributed by atoms with E-state index in [-0.39, 0.29) is 30.9 Å². The van der Waals surface area contributed by atoms with E-state index in [2.05, 4.69) is 5.32 Å². The normalized spacial score (nSPS) is 11.8.